The molecule has 1 atom stereocenters. The van der Waals surface area contributed by atoms with Crippen LogP contribution in [0.5, 0.6) is 5.75 Å². The van der Waals surface area contributed by atoms with Crippen LogP contribution in [0.15, 0.2) is 48.5 Å². The Labute approximate surface area is 154 Å². The van der Waals surface area contributed by atoms with Gasteiger partial charge in [-0.05, 0) is 36.8 Å². The molecule has 1 saturated heterocycles. The first-order valence-electron chi connectivity index (χ1n) is 8.98. The molecule has 5 nitrogen and oxygen atoms in total. The van der Waals surface area contributed by atoms with Crippen LogP contribution in [0.2, 0.25) is 0 Å². The zero-order valence-corrected chi connectivity index (χ0v) is 15.4. The zero-order valence-electron chi connectivity index (χ0n) is 15.4. The molecule has 1 aliphatic heterocycles. The van der Waals surface area contributed by atoms with Gasteiger partial charge >= 0.3 is 0 Å². The van der Waals surface area contributed by atoms with Crippen LogP contribution >= 0.6 is 0 Å². The number of nitrogens with one attached hydrogen (secondary N) is 1. The fourth-order valence-corrected chi connectivity index (χ4v) is 3.25. The molecule has 0 unspecified atom stereocenters. The summed E-state index contributed by atoms with van der Waals surface area (Å²) in [4.78, 5) is 14.9. The summed E-state index contributed by atoms with van der Waals surface area (Å²) < 4.78 is 10.7. The number of amides is 1. The Morgan fingerprint density at radius 1 is 1.19 bits per heavy atom. The second kappa shape index (κ2) is 8.83. The molecule has 5 heteroatoms. The Kier molecular flexibility index (Phi) is 6.26. The van der Waals surface area contributed by atoms with Gasteiger partial charge in [0.05, 0.1) is 26.4 Å². The third-order valence-corrected chi connectivity index (χ3v) is 4.72. The van der Waals surface area contributed by atoms with E-state index in [0.29, 0.717) is 12.1 Å². The van der Waals surface area contributed by atoms with Crippen molar-refractivity contribution in [3.05, 3.63) is 65.2 Å². The number of hydrogen-bond acceptors (Lipinski definition) is 4. The Morgan fingerprint density at radius 3 is 2.58 bits per heavy atom. The van der Waals surface area contributed by atoms with Crippen molar-refractivity contribution < 1.29 is 14.3 Å². The Balaban J connectivity index is 1.73. The Hall–Kier alpha value is -2.37. The highest BCUT2D eigenvalue weighted by Gasteiger charge is 2.23. The molecule has 3 rings (SSSR count). The molecule has 0 saturated carbocycles. The van der Waals surface area contributed by atoms with Crippen LogP contribution in [0.25, 0.3) is 0 Å². The number of ether oxygens (including phenoxy) is 2. The molecule has 0 bridgehead atoms. The molecule has 2 aromatic carbocycles. The average molecular weight is 354 g/mol. The van der Waals surface area contributed by atoms with Crippen LogP contribution < -0.4 is 10.1 Å². The fourth-order valence-electron chi connectivity index (χ4n) is 3.25. The van der Waals surface area contributed by atoms with E-state index in [-0.39, 0.29) is 11.9 Å². The number of methoxy groups -OCH3 is 1. The van der Waals surface area contributed by atoms with E-state index in [9.17, 15) is 4.79 Å². The van der Waals surface area contributed by atoms with Gasteiger partial charge in [0.2, 0.25) is 0 Å². The van der Waals surface area contributed by atoms with Gasteiger partial charge in [-0.3, -0.25) is 9.69 Å². The SMILES string of the molecule is COc1ccc([C@H](CNC(=O)c2cccc(C)c2)N2CCOCC2)cc1. The summed E-state index contributed by atoms with van der Waals surface area (Å²) in [6, 6.07) is 15.8. The summed E-state index contributed by atoms with van der Waals surface area (Å²) in [6.07, 6.45) is 0. The van der Waals surface area contributed by atoms with Gasteiger partial charge in [-0.15, -0.1) is 0 Å². The minimum absolute atomic E-state index is 0.0412. The predicted molar refractivity (Wildman–Crippen MR) is 102 cm³/mol. The first-order chi connectivity index (χ1) is 12.7. The standard InChI is InChI=1S/C21H26N2O3/c1-16-4-3-5-18(14-16)21(24)22-15-20(23-10-12-26-13-11-23)17-6-8-19(25-2)9-7-17/h3-9,14,20H,10-13,15H2,1-2H3,(H,22,24)/t20-/m0/s1. The third-order valence-electron chi connectivity index (χ3n) is 4.72. The number of rotatable bonds is 6. The second-order valence-electron chi connectivity index (χ2n) is 6.52. The van der Waals surface area contributed by atoms with Gasteiger partial charge in [0.1, 0.15) is 5.75 Å². The number of carbonyl (C=O) groups excluding carboxylic acids is 1. The highest BCUT2D eigenvalue weighted by Crippen LogP contribution is 2.23. The summed E-state index contributed by atoms with van der Waals surface area (Å²) in [6.45, 7) is 5.70. The van der Waals surface area contributed by atoms with E-state index in [4.69, 9.17) is 9.47 Å². The topological polar surface area (TPSA) is 50.8 Å². The van der Waals surface area contributed by atoms with Gasteiger partial charge in [-0.2, -0.15) is 0 Å². The maximum atomic E-state index is 12.5. The van der Waals surface area contributed by atoms with Crippen molar-refractivity contribution >= 4 is 5.91 Å². The lowest BCUT2D eigenvalue weighted by Gasteiger charge is -2.35. The lowest BCUT2D eigenvalue weighted by molar-refractivity contribution is 0.0162. The highest BCUT2D eigenvalue weighted by atomic mass is 16.5. The van der Waals surface area contributed by atoms with Crippen LogP contribution in [-0.4, -0.2) is 50.8 Å². The predicted octanol–water partition coefficient (Wildman–Crippen LogP) is 2.81. The van der Waals surface area contributed by atoms with Crippen LogP contribution in [0, 0.1) is 6.92 Å². The fraction of sp³-hybridized carbons (Fsp3) is 0.381. The van der Waals surface area contributed by atoms with E-state index < -0.39 is 0 Å². The number of carbonyl (C=O) groups is 1. The molecule has 1 fully saturated rings. The summed E-state index contributed by atoms with van der Waals surface area (Å²) in [5.74, 6) is 0.791. The van der Waals surface area contributed by atoms with Crippen molar-refractivity contribution in [2.45, 2.75) is 13.0 Å². The first kappa shape index (κ1) is 18.4. The van der Waals surface area contributed by atoms with Gasteiger partial charge in [0.25, 0.3) is 5.91 Å². The first-order valence-corrected chi connectivity index (χ1v) is 8.98. The third kappa shape index (κ3) is 4.62. The molecule has 0 spiro atoms. The molecule has 1 heterocycles. The smallest absolute Gasteiger partial charge is 0.251 e. The normalized spacial score (nSPS) is 16.1. The molecule has 1 aliphatic rings. The van der Waals surface area contributed by atoms with Crippen LogP contribution in [0.1, 0.15) is 27.5 Å². The van der Waals surface area contributed by atoms with E-state index in [2.05, 4.69) is 22.3 Å². The van der Waals surface area contributed by atoms with Crippen molar-refractivity contribution in [3.8, 4) is 5.75 Å². The number of morpholine rings is 1. The van der Waals surface area contributed by atoms with Crippen molar-refractivity contribution in [3.63, 3.8) is 0 Å². The second-order valence-corrected chi connectivity index (χ2v) is 6.52. The van der Waals surface area contributed by atoms with Gasteiger partial charge in [-0.1, -0.05) is 29.8 Å². The maximum absolute atomic E-state index is 12.5. The largest absolute Gasteiger partial charge is 0.497 e. The summed E-state index contributed by atoms with van der Waals surface area (Å²) in [5, 5.41) is 3.10. The number of hydrogen-bond donors (Lipinski definition) is 1. The van der Waals surface area contributed by atoms with E-state index in [1.807, 2.05) is 43.3 Å². The molecular formula is C21H26N2O3. The monoisotopic (exact) mass is 354 g/mol. The molecule has 1 N–H and O–H groups in total. The molecular weight excluding hydrogens is 328 g/mol. The molecule has 26 heavy (non-hydrogen) atoms. The minimum Gasteiger partial charge on any atom is -0.497 e. The zero-order chi connectivity index (χ0) is 18.4. The number of aryl methyl sites for hydroxylation is 1. The highest BCUT2D eigenvalue weighted by molar-refractivity contribution is 5.94. The van der Waals surface area contributed by atoms with Crippen molar-refractivity contribution in [2.75, 3.05) is 40.0 Å². The van der Waals surface area contributed by atoms with Crippen molar-refractivity contribution in [2.24, 2.45) is 0 Å². The van der Waals surface area contributed by atoms with Gasteiger partial charge in [0.15, 0.2) is 0 Å². The van der Waals surface area contributed by atoms with E-state index in [1.54, 1.807) is 7.11 Å². The summed E-state index contributed by atoms with van der Waals surface area (Å²) in [7, 11) is 1.66. The minimum atomic E-state index is -0.0412. The van der Waals surface area contributed by atoms with Gasteiger partial charge in [0, 0.05) is 25.2 Å². The molecule has 2 aromatic rings. The van der Waals surface area contributed by atoms with Gasteiger partial charge in [-0.25, -0.2) is 0 Å². The van der Waals surface area contributed by atoms with Crippen molar-refractivity contribution in [1.82, 2.24) is 10.2 Å². The quantitative estimate of drug-likeness (QED) is 0.867. The maximum Gasteiger partial charge on any atom is 0.251 e. The summed E-state index contributed by atoms with van der Waals surface area (Å²) >= 11 is 0. The molecule has 138 valence electrons. The van der Waals surface area contributed by atoms with E-state index >= 15 is 0 Å². The van der Waals surface area contributed by atoms with Gasteiger partial charge < -0.3 is 14.8 Å². The summed E-state index contributed by atoms with van der Waals surface area (Å²) in [5.41, 5.74) is 2.94. The number of benzene rings is 2. The van der Waals surface area contributed by atoms with E-state index in [0.717, 1.165) is 43.2 Å². The Bertz CT molecular complexity index is 724. The van der Waals surface area contributed by atoms with Crippen molar-refractivity contribution in [1.29, 1.82) is 0 Å². The van der Waals surface area contributed by atoms with Crippen LogP contribution in [0.3, 0.4) is 0 Å². The lowest BCUT2D eigenvalue weighted by atomic mass is 10.0. The average Bonchev–Trinajstić information content (AvgIpc) is 2.69. The Morgan fingerprint density at radius 2 is 1.92 bits per heavy atom. The number of nitrogens with zero attached hydrogens (tertiary/aromatic N) is 1. The van der Waals surface area contributed by atoms with E-state index in [1.165, 1.54) is 0 Å². The van der Waals surface area contributed by atoms with Crippen LogP contribution in [-0.2, 0) is 4.74 Å². The lowest BCUT2D eigenvalue weighted by Crippen LogP contribution is -2.43. The molecule has 0 radical (unpaired) electrons. The van der Waals surface area contributed by atoms with Crippen LogP contribution in [0.4, 0.5) is 0 Å². The molecule has 1 amide bonds. The molecule has 0 aromatic heterocycles. The molecule has 0 aliphatic carbocycles.